The molecule has 2 atom stereocenters. The number of nitrogens with one attached hydrogen (secondary N) is 1. The normalized spacial score (nSPS) is 28.0. The minimum atomic E-state index is 0.113. The molecule has 1 N–H and O–H groups in total. The molecule has 2 saturated heterocycles. The smallest absolute Gasteiger partial charge is 0.249 e. The first-order chi connectivity index (χ1) is 8.84. The Morgan fingerprint density at radius 1 is 1.33 bits per heavy atom. The first kappa shape index (κ1) is 11.7. The fourth-order valence-electron chi connectivity index (χ4n) is 2.77. The van der Waals surface area contributed by atoms with Crippen LogP contribution in [0.3, 0.4) is 0 Å². The van der Waals surface area contributed by atoms with Crippen molar-refractivity contribution >= 4 is 5.91 Å². The Balaban J connectivity index is 1.77. The summed E-state index contributed by atoms with van der Waals surface area (Å²) in [6.07, 6.45) is 1.13. The third-order valence-electron chi connectivity index (χ3n) is 3.73. The highest BCUT2D eigenvalue weighted by atomic mass is 16.5. The number of carbonyl (C=O) groups excluding carboxylic acids is 1. The maximum absolute atomic E-state index is 12.0. The van der Waals surface area contributed by atoms with E-state index in [2.05, 4.69) is 17.4 Å². The Kier molecular flexibility index (Phi) is 3.30. The van der Waals surface area contributed by atoms with E-state index < -0.39 is 0 Å². The van der Waals surface area contributed by atoms with Gasteiger partial charge in [0.2, 0.25) is 5.91 Å². The number of rotatable bonds is 2. The number of benzene rings is 1. The summed E-state index contributed by atoms with van der Waals surface area (Å²) in [4.78, 5) is 14.0. The highest BCUT2D eigenvalue weighted by Crippen LogP contribution is 2.22. The van der Waals surface area contributed by atoms with Crippen molar-refractivity contribution in [2.24, 2.45) is 0 Å². The van der Waals surface area contributed by atoms with Gasteiger partial charge in [0, 0.05) is 13.1 Å². The largest absolute Gasteiger partial charge is 0.365 e. The molecule has 0 radical (unpaired) electrons. The molecule has 0 spiro atoms. The zero-order valence-corrected chi connectivity index (χ0v) is 10.3. The summed E-state index contributed by atoms with van der Waals surface area (Å²) in [6.45, 7) is 2.73. The molecule has 0 bridgehead atoms. The molecule has 3 rings (SSSR count). The molecule has 0 saturated carbocycles. The van der Waals surface area contributed by atoms with Gasteiger partial charge in [-0.25, -0.2) is 0 Å². The van der Waals surface area contributed by atoms with Gasteiger partial charge in [-0.1, -0.05) is 30.3 Å². The molecule has 2 heterocycles. The lowest BCUT2D eigenvalue weighted by atomic mass is 9.99. The Morgan fingerprint density at radius 3 is 3.00 bits per heavy atom. The van der Waals surface area contributed by atoms with Crippen molar-refractivity contribution in [1.82, 2.24) is 10.2 Å². The van der Waals surface area contributed by atoms with Gasteiger partial charge < -0.3 is 15.0 Å². The summed E-state index contributed by atoms with van der Waals surface area (Å²) in [5.74, 6) is 0.113. The van der Waals surface area contributed by atoms with Crippen molar-refractivity contribution < 1.29 is 9.53 Å². The van der Waals surface area contributed by atoms with Gasteiger partial charge in [-0.15, -0.1) is 0 Å². The van der Waals surface area contributed by atoms with Crippen LogP contribution >= 0.6 is 0 Å². The molecule has 4 nitrogen and oxygen atoms in total. The number of ether oxygens (including phenoxy) is 1. The van der Waals surface area contributed by atoms with Crippen molar-refractivity contribution in [3.63, 3.8) is 0 Å². The molecule has 4 heteroatoms. The zero-order chi connectivity index (χ0) is 12.4. The molecule has 18 heavy (non-hydrogen) atoms. The minimum absolute atomic E-state index is 0.113. The quantitative estimate of drug-likeness (QED) is 0.838. The second kappa shape index (κ2) is 5.08. The number of morpholine rings is 1. The Bertz CT molecular complexity index is 421. The van der Waals surface area contributed by atoms with E-state index in [-0.39, 0.29) is 24.7 Å². The lowest BCUT2D eigenvalue weighted by molar-refractivity contribution is -0.160. The number of hydrogen-bond acceptors (Lipinski definition) is 3. The van der Waals surface area contributed by atoms with E-state index in [1.54, 1.807) is 0 Å². The predicted molar refractivity (Wildman–Crippen MR) is 68.0 cm³/mol. The van der Waals surface area contributed by atoms with Gasteiger partial charge in [0.25, 0.3) is 0 Å². The highest BCUT2D eigenvalue weighted by molar-refractivity contribution is 5.78. The van der Waals surface area contributed by atoms with Gasteiger partial charge in [-0.05, 0) is 18.5 Å². The topological polar surface area (TPSA) is 41.6 Å². The number of hydrogen-bond donors (Lipinski definition) is 1. The number of piperidine rings is 1. The summed E-state index contributed by atoms with van der Waals surface area (Å²) in [6, 6.07) is 10.4. The first-order valence-corrected chi connectivity index (χ1v) is 6.50. The molecule has 0 aromatic heterocycles. The van der Waals surface area contributed by atoms with Crippen LogP contribution in [0.15, 0.2) is 30.3 Å². The lowest BCUT2D eigenvalue weighted by Gasteiger charge is -2.43. The number of amides is 1. The molecule has 2 unspecified atom stereocenters. The van der Waals surface area contributed by atoms with Crippen LogP contribution < -0.4 is 5.32 Å². The van der Waals surface area contributed by atoms with Gasteiger partial charge in [0.05, 0.1) is 12.1 Å². The van der Waals surface area contributed by atoms with E-state index in [0.717, 1.165) is 19.5 Å². The Hall–Kier alpha value is -1.39. The second-order valence-electron chi connectivity index (χ2n) is 4.92. The first-order valence-electron chi connectivity index (χ1n) is 6.50. The second-order valence-corrected chi connectivity index (χ2v) is 4.92. The highest BCUT2D eigenvalue weighted by Gasteiger charge is 2.37. The lowest BCUT2D eigenvalue weighted by Crippen LogP contribution is -2.60. The van der Waals surface area contributed by atoms with Crippen LogP contribution in [-0.4, -0.2) is 42.6 Å². The van der Waals surface area contributed by atoms with Crippen molar-refractivity contribution in [2.75, 3.05) is 19.7 Å². The van der Waals surface area contributed by atoms with Crippen LogP contribution in [-0.2, 0) is 16.1 Å². The average molecular weight is 246 g/mol. The molecular weight excluding hydrogens is 228 g/mol. The number of fused-ring (bicyclic) bond motifs is 1. The van der Waals surface area contributed by atoms with Gasteiger partial charge in [0.1, 0.15) is 6.61 Å². The third kappa shape index (κ3) is 2.26. The van der Waals surface area contributed by atoms with E-state index in [0.29, 0.717) is 6.54 Å². The van der Waals surface area contributed by atoms with Crippen LogP contribution in [0.1, 0.15) is 12.0 Å². The molecular formula is C14H18N2O2. The van der Waals surface area contributed by atoms with E-state index in [9.17, 15) is 4.79 Å². The summed E-state index contributed by atoms with van der Waals surface area (Å²) in [7, 11) is 0. The van der Waals surface area contributed by atoms with Crippen LogP contribution in [0.4, 0.5) is 0 Å². The Morgan fingerprint density at radius 2 is 2.17 bits per heavy atom. The summed E-state index contributed by atoms with van der Waals surface area (Å²) in [5, 5.41) is 3.32. The molecule has 2 aliphatic rings. The zero-order valence-electron chi connectivity index (χ0n) is 10.3. The SMILES string of the molecule is O=C1COC2CNCCC2N1Cc1ccccc1. The molecule has 1 aromatic rings. The van der Waals surface area contributed by atoms with Crippen molar-refractivity contribution in [2.45, 2.75) is 25.1 Å². The molecule has 2 fully saturated rings. The molecule has 1 aromatic carbocycles. The number of carbonyl (C=O) groups is 1. The van der Waals surface area contributed by atoms with Gasteiger partial charge in [-0.3, -0.25) is 4.79 Å². The van der Waals surface area contributed by atoms with Crippen LogP contribution in [0.2, 0.25) is 0 Å². The Labute approximate surface area is 107 Å². The molecule has 2 aliphatic heterocycles. The van der Waals surface area contributed by atoms with Crippen molar-refractivity contribution in [3.8, 4) is 0 Å². The van der Waals surface area contributed by atoms with Crippen LogP contribution in [0.5, 0.6) is 0 Å². The van der Waals surface area contributed by atoms with E-state index in [1.165, 1.54) is 5.56 Å². The monoisotopic (exact) mass is 246 g/mol. The van der Waals surface area contributed by atoms with Gasteiger partial charge >= 0.3 is 0 Å². The van der Waals surface area contributed by atoms with Crippen molar-refractivity contribution in [1.29, 1.82) is 0 Å². The van der Waals surface area contributed by atoms with E-state index in [1.807, 2.05) is 23.1 Å². The number of nitrogens with zero attached hydrogens (tertiary/aromatic N) is 1. The van der Waals surface area contributed by atoms with Gasteiger partial charge in [-0.2, -0.15) is 0 Å². The standard InChI is InChI=1S/C14H18N2O2/c17-14-10-18-13-8-15-7-6-12(13)16(14)9-11-4-2-1-3-5-11/h1-5,12-13,15H,6-10H2. The van der Waals surface area contributed by atoms with Crippen LogP contribution in [0, 0.1) is 0 Å². The molecule has 0 aliphatic carbocycles. The third-order valence-corrected chi connectivity index (χ3v) is 3.73. The summed E-state index contributed by atoms with van der Waals surface area (Å²) in [5.41, 5.74) is 1.19. The fourth-order valence-corrected chi connectivity index (χ4v) is 2.77. The minimum Gasteiger partial charge on any atom is -0.365 e. The van der Waals surface area contributed by atoms with Crippen LogP contribution in [0.25, 0.3) is 0 Å². The van der Waals surface area contributed by atoms with E-state index >= 15 is 0 Å². The average Bonchev–Trinajstić information content (AvgIpc) is 2.43. The van der Waals surface area contributed by atoms with Gasteiger partial charge in [0.15, 0.2) is 0 Å². The fraction of sp³-hybridized carbons (Fsp3) is 0.500. The maximum atomic E-state index is 12.0. The predicted octanol–water partition coefficient (Wildman–Crippen LogP) is 0.776. The van der Waals surface area contributed by atoms with E-state index in [4.69, 9.17) is 4.74 Å². The van der Waals surface area contributed by atoms with Crippen molar-refractivity contribution in [3.05, 3.63) is 35.9 Å². The summed E-state index contributed by atoms with van der Waals surface area (Å²) < 4.78 is 5.61. The molecule has 96 valence electrons. The summed E-state index contributed by atoms with van der Waals surface area (Å²) >= 11 is 0. The molecule has 1 amide bonds. The maximum Gasteiger partial charge on any atom is 0.249 e.